The normalized spacial score (nSPS) is 11.7. The van der Waals surface area contributed by atoms with Gasteiger partial charge in [-0.25, -0.2) is 9.59 Å². The Labute approximate surface area is 140 Å². The van der Waals surface area contributed by atoms with Crippen molar-refractivity contribution in [3.63, 3.8) is 0 Å². The van der Waals surface area contributed by atoms with Crippen LogP contribution in [0.5, 0.6) is 0 Å². The smallest absolute Gasteiger partial charge is 0.326 e. The van der Waals surface area contributed by atoms with Crippen LogP contribution in [0.1, 0.15) is 12.0 Å². The lowest BCUT2D eigenvalue weighted by molar-refractivity contribution is -0.139. The lowest BCUT2D eigenvalue weighted by atomic mass is 10.1. The standard InChI is InChI=1S/C16H24N2O4S/c1-23-12-8-14(15(20)21)17-16(22)18(10-11-19)9-7-13-5-3-2-4-6-13/h2-6,14,19H,7-12H2,1H3,(H,17,22)(H,20,21)/t14-/m0/s1. The zero-order valence-electron chi connectivity index (χ0n) is 13.3. The summed E-state index contributed by atoms with van der Waals surface area (Å²) in [6.45, 7) is 0.434. The molecule has 0 bridgehead atoms. The first-order valence-electron chi connectivity index (χ1n) is 7.50. The van der Waals surface area contributed by atoms with Gasteiger partial charge in [-0.2, -0.15) is 11.8 Å². The average Bonchev–Trinajstić information content (AvgIpc) is 2.55. The molecule has 0 heterocycles. The summed E-state index contributed by atoms with van der Waals surface area (Å²) in [6, 6.07) is 8.34. The molecule has 0 spiro atoms. The maximum Gasteiger partial charge on any atom is 0.326 e. The molecule has 3 N–H and O–H groups in total. The Hall–Kier alpha value is -1.73. The van der Waals surface area contributed by atoms with E-state index in [-0.39, 0.29) is 13.2 Å². The molecule has 0 unspecified atom stereocenters. The van der Waals surface area contributed by atoms with E-state index in [1.54, 1.807) is 0 Å². The highest BCUT2D eigenvalue weighted by molar-refractivity contribution is 7.98. The summed E-state index contributed by atoms with van der Waals surface area (Å²) in [5.74, 6) is -0.388. The lowest BCUT2D eigenvalue weighted by Crippen LogP contribution is -2.49. The molecule has 0 aliphatic rings. The minimum atomic E-state index is -1.04. The molecule has 23 heavy (non-hydrogen) atoms. The number of aliphatic hydroxyl groups is 1. The number of carbonyl (C=O) groups is 2. The van der Waals surface area contributed by atoms with Crippen molar-refractivity contribution in [2.45, 2.75) is 18.9 Å². The van der Waals surface area contributed by atoms with E-state index in [1.165, 1.54) is 16.7 Å². The summed E-state index contributed by atoms with van der Waals surface area (Å²) in [7, 11) is 0. The molecule has 1 aromatic rings. The van der Waals surface area contributed by atoms with Crippen LogP contribution in [-0.4, -0.2) is 64.9 Å². The van der Waals surface area contributed by atoms with Crippen LogP contribution in [0.3, 0.4) is 0 Å². The van der Waals surface area contributed by atoms with Crippen molar-refractivity contribution in [3.8, 4) is 0 Å². The molecule has 2 amide bonds. The molecule has 0 aliphatic heterocycles. The third-order valence-electron chi connectivity index (χ3n) is 3.38. The molecular weight excluding hydrogens is 316 g/mol. The van der Waals surface area contributed by atoms with E-state index in [0.29, 0.717) is 25.1 Å². The van der Waals surface area contributed by atoms with E-state index in [2.05, 4.69) is 5.32 Å². The van der Waals surface area contributed by atoms with Crippen LogP contribution in [0.25, 0.3) is 0 Å². The van der Waals surface area contributed by atoms with E-state index in [9.17, 15) is 14.7 Å². The Balaban J connectivity index is 2.60. The molecule has 128 valence electrons. The first-order valence-corrected chi connectivity index (χ1v) is 8.89. The zero-order chi connectivity index (χ0) is 17.1. The molecule has 0 saturated heterocycles. The van der Waals surface area contributed by atoms with Gasteiger partial charge in [0.25, 0.3) is 0 Å². The minimum absolute atomic E-state index is 0.162. The van der Waals surface area contributed by atoms with Crippen LogP contribution in [0, 0.1) is 0 Å². The third kappa shape index (κ3) is 7.38. The Morgan fingerprint density at radius 3 is 2.52 bits per heavy atom. The number of benzene rings is 1. The predicted octanol–water partition coefficient (Wildman–Crippen LogP) is 1.44. The molecule has 1 aromatic carbocycles. The highest BCUT2D eigenvalue weighted by Gasteiger charge is 2.22. The summed E-state index contributed by atoms with van der Waals surface area (Å²) < 4.78 is 0. The molecule has 0 radical (unpaired) electrons. The SMILES string of the molecule is CSCC[C@H](NC(=O)N(CCO)CCc1ccccc1)C(=O)O. The number of nitrogens with one attached hydrogen (secondary N) is 1. The summed E-state index contributed by atoms with van der Waals surface area (Å²) in [5, 5.41) is 20.8. The van der Waals surface area contributed by atoms with Crippen LogP contribution < -0.4 is 5.32 Å². The summed E-state index contributed by atoms with van der Waals surface area (Å²) in [4.78, 5) is 24.9. The molecule has 6 nitrogen and oxygen atoms in total. The maximum atomic E-state index is 12.3. The number of thioether (sulfide) groups is 1. The fourth-order valence-corrected chi connectivity index (χ4v) is 2.55. The molecule has 7 heteroatoms. The number of aliphatic hydroxyl groups excluding tert-OH is 1. The predicted molar refractivity (Wildman–Crippen MR) is 91.8 cm³/mol. The number of urea groups is 1. The quantitative estimate of drug-likeness (QED) is 0.600. The zero-order valence-corrected chi connectivity index (χ0v) is 14.1. The van der Waals surface area contributed by atoms with Crippen LogP contribution in [0.15, 0.2) is 30.3 Å². The second-order valence-corrected chi connectivity index (χ2v) is 6.05. The molecule has 1 rings (SSSR count). The van der Waals surface area contributed by atoms with Gasteiger partial charge < -0.3 is 20.4 Å². The molecule has 0 aromatic heterocycles. The van der Waals surface area contributed by atoms with Gasteiger partial charge in [0, 0.05) is 13.1 Å². The summed E-state index contributed by atoms with van der Waals surface area (Å²) >= 11 is 1.53. The number of hydrogen-bond acceptors (Lipinski definition) is 4. The Morgan fingerprint density at radius 1 is 1.26 bits per heavy atom. The van der Waals surface area contributed by atoms with Gasteiger partial charge in [0.15, 0.2) is 0 Å². The van der Waals surface area contributed by atoms with Crippen molar-refractivity contribution in [1.82, 2.24) is 10.2 Å². The highest BCUT2D eigenvalue weighted by Crippen LogP contribution is 2.04. The first kappa shape index (κ1) is 19.3. The van der Waals surface area contributed by atoms with Gasteiger partial charge in [0.2, 0.25) is 0 Å². The lowest BCUT2D eigenvalue weighted by Gasteiger charge is -2.24. The van der Waals surface area contributed by atoms with Gasteiger partial charge in [-0.15, -0.1) is 0 Å². The van der Waals surface area contributed by atoms with E-state index in [1.807, 2.05) is 36.6 Å². The number of aliphatic carboxylic acids is 1. The molecule has 0 fully saturated rings. The van der Waals surface area contributed by atoms with Crippen LogP contribution in [-0.2, 0) is 11.2 Å². The summed E-state index contributed by atoms with van der Waals surface area (Å²) in [6.07, 6.45) is 2.91. The van der Waals surface area contributed by atoms with Gasteiger partial charge >= 0.3 is 12.0 Å². The number of amides is 2. The number of rotatable bonds is 10. The minimum Gasteiger partial charge on any atom is -0.480 e. The molecule has 0 saturated carbocycles. The number of nitrogens with zero attached hydrogens (tertiary/aromatic N) is 1. The van der Waals surface area contributed by atoms with Gasteiger partial charge in [0.05, 0.1) is 6.61 Å². The van der Waals surface area contributed by atoms with Crippen molar-refractivity contribution in [3.05, 3.63) is 35.9 Å². The molecule has 0 aliphatic carbocycles. The van der Waals surface area contributed by atoms with Crippen molar-refractivity contribution < 1.29 is 19.8 Å². The van der Waals surface area contributed by atoms with E-state index >= 15 is 0 Å². The second kappa shape index (κ2) is 10.9. The number of carboxylic acids is 1. The van der Waals surface area contributed by atoms with Crippen molar-refractivity contribution in [2.24, 2.45) is 0 Å². The van der Waals surface area contributed by atoms with Crippen molar-refractivity contribution in [1.29, 1.82) is 0 Å². The Kier molecular flexibility index (Phi) is 9.16. The monoisotopic (exact) mass is 340 g/mol. The van der Waals surface area contributed by atoms with Crippen molar-refractivity contribution in [2.75, 3.05) is 31.7 Å². The maximum absolute atomic E-state index is 12.3. The average molecular weight is 340 g/mol. The third-order valence-corrected chi connectivity index (χ3v) is 4.02. The molecular formula is C16H24N2O4S. The van der Waals surface area contributed by atoms with E-state index < -0.39 is 18.0 Å². The second-order valence-electron chi connectivity index (χ2n) is 5.07. The fourth-order valence-electron chi connectivity index (χ4n) is 2.08. The van der Waals surface area contributed by atoms with E-state index in [4.69, 9.17) is 5.11 Å². The number of carboxylic acid groups (broad SMARTS) is 1. The van der Waals surface area contributed by atoms with Crippen LogP contribution >= 0.6 is 11.8 Å². The Bertz CT molecular complexity index is 484. The van der Waals surface area contributed by atoms with Crippen LogP contribution in [0.4, 0.5) is 4.79 Å². The first-order chi connectivity index (χ1) is 11.1. The van der Waals surface area contributed by atoms with Gasteiger partial charge in [-0.3, -0.25) is 0 Å². The van der Waals surface area contributed by atoms with Crippen molar-refractivity contribution >= 4 is 23.8 Å². The topological polar surface area (TPSA) is 89.9 Å². The fraction of sp³-hybridized carbons (Fsp3) is 0.500. The van der Waals surface area contributed by atoms with E-state index in [0.717, 1.165) is 5.56 Å². The Morgan fingerprint density at radius 2 is 1.96 bits per heavy atom. The number of hydrogen-bond donors (Lipinski definition) is 3. The van der Waals surface area contributed by atoms with Gasteiger partial charge in [-0.05, 0) is 30.4 Å². The van der Waals surface area contributed by atoms with Gasteiger partial charge in [0.1, 0.15) is 6.04 Å². The largest absolute Gasteiger partial charge is 0.480 e. The number of carbonyl (C=O) groups excluding carboxylic acids is 1. The van der Waals surface area contributed by atoms with Crippen LogP contribution in [0.2, 0.25) is 0 Å². The highest BCUT2D eigenvalue weighted by atomic mass is 32.2. The summed E-state index contributed by atoms with van der Waals surface area (Å²) in [5.41, 5.74) is 1.08. The molecule has 1 atom stereocenters. The van der Waals surface area contributed by atoms with Gasteiger partial charge in [-0.1, -0.05) is 30.3 Å².